The lowest BCUT2D eigenvalue weighted by atomic mass is 9.99. The smallest absolute Gasteiger partial charge is 0.258 e. The minimum absolute atomic E-state index is 0.0814. The zero-order chi connectivity index (χ0) is 11.4. The molecule has 76 valence electrons. The van der Waals surface area contributed by atoms with E-state index < -0.39 is 4.92 Å². The third-order valence-corrected chi connectivity index (χ3v) is 2.22. The maximum Gasteiger partial charge on any atom is 0.287 e. The fourth-order valence-electron chi connectivity index (χ4n) is 1.22. The molecule has 0 spiro atoms. The number of hydrogen-bond donors (Lipinski definition) is 0. The summed E-state index contributed by atoms with van der Waals surface area (Å²) in [6.07, 6.45) is 1.72. The Hall–Kier alpha value is -2.15. The lowest BCUT2D eigenvalue weighted by Crippen LogP contribution is -1.95. The van der Waals surface area contributed by atoms with Gasteiger partial charge in [0.15, 0.2) is 0 Å². The summed E-state index contributed by atoms with van der Waals surface area (Å²) in [4.78, 5) is 10.0. The molecule has 0 radical (unpaired) electrons. The zero-order valence-corrected chi connectivity index (χ0v) is 8.30. The first-order valence-corrected chi connectivity index (χ1v) is 4.41. The third-order valence-electron chi connectivity index (χ3n) is 2.22. The van der Waals surface area contributed by atoms with Gasteiger partial charge < -0.3 is 0 Å². The molecule has 0 aliphatic carbocycles. The average Bonchev–Trinajstić information content (AvgIpc) is 2.26. The van der Waals surface area contributed by atoms with Crippen molar-refractivity contribution in [3.05, 3.63) is 52.1 Å². The highest BCUT2D eigenvalue weighted by Gasteiger charge is 2.14. The number of nitrogens with zero attached hydrogens (tertiary/aromatic N) is 2. The Morgan fingerprint density at radius 2 is 2.33 bits per heavy atom. The average molecular weight is 202 g/mol. The molecule has 15 heavy (non-hydrogen) atoms. The lowest BCUT2D eigenvalue weighted by Gasteiger charge is -2.06. The van der Waals surface area contributed by atoms with Gasteiger partial charge in [0, 0.05) is 6.07 Å². The van der Waals surface area contributed by atoms with Crippen LogP contribution in [0.2, 0.25) is 0 Å². The largest absolute Gasteiger partial charge is 0.287 e. The first-order valence-electron chi connectivity index (χ1n) is 4.41. The van der Waals surface area contributed by atoms with Crippen LogP contribution in [-0.2, 0) is 0 Å². The number of hydrogen-bond acceptors (Lipinski definition) is 3. The second-order valence-electron chi connectivity index (χ2n) is 3.17. The fraction of sp³-hybridized carbons (Fsp3) is 0.182. The summed E-state index contributed by atoms with van der Waals surface area (Å²) in [7, 11) is 0. The van der Waals surface area contributed by atoms with Crippen molar-refractivity contribution in [1.82, 2.24) is 0 Å². The molecule has 0 amide bonds. The molecular formula is C11H10N2O2. The number of rotatable bonds is 3. The Kier molecular flexibility index (Phi) is 3.19. The van der Waals surface area contributed by atoms with Crippen LogP contribution in [0.25, 0.3) is 0 Å². The van der Waals surface area contributed by atoms with E-state index in [4.69, 9.17) is 5.26 Å². The van der Waals surface area contributed by atoms with Crippen molar-refractivity contribution in [1.29, 1.82) is 5.26 Å². The van der Waals surface area contributed by atoms with Crippen LogP contribution in [0, 0.1) is 21.4 Å². The molecule has 0 aromatic heterocycles. The summed E-state index contributed by atoms with van der Waals surface area (Å²) in [6.45, 7) is 5.55. The molecule has 0 aliphatic rings. The van der Waals surface area contributed by atoms with Crippen LogP contribution in [-0.4, -0.2) is 4.92 Å². The highest BCUT2D eigenvalue weighted by molar-refractivity contribution is 5.51. The second kappa shape index (κ2) is 4.38. The Morgan fingerprint density at radius 3 is 2.80 bits per heavy atom. The van der Waals surface area contributed by atoms with Gasteiger partial charge in [0.05, 0.1) is 4.92 Å². The first kappa shape index (κ1) is 10.9. The van der Waals surface area contributed by atoms with Gasteiger partial charge in [-0.1, -0.05) is 19.1 Å². The van der Waals surface area contributed by atoms with Crippen molar-refractivity contribution in [2.45, 2.75) is 12.8 Å². The number of nitro groups is 1. The Balaban J connectivity index is 3.26. The summed E-state index contributed by atoms with van der Waals surface area (Å²) in [6, 6.07) is 6.35. The molecule has 1 rings (SSSR count). The molecule has 1 atom stereocenters. The van der Waals surface area contributed by atoms with Gasteiger partial charge in [0.1, 0.15) is 11.6 Å². The molecule has 0 saturated carbocycles. The van der Waals surface area contributed by atoms with Gasteiger partial charge in [0.25, 0.3) is 5.69 Å². The summed E-state index contributed by atoms with van der Waals surface area (Å²) in [5, 5.41) is 19.3. The van der Waals surface area contributed by atoms with Crippen LogP contribution in [0.3, 0.4) is 0 Å². The van der Waals surface area contributed by atoms with Crippen molar-refractivity contribution in [3.63, 3.8) is 0 Å². The van der Waals surface area contributed by atoms with Crippen molar-refractivity contribution >= 4 is 5.69 Å². The topological polar surface area (TPSA) is 66.9 Å². The molecule has 0 heterocycles. The Labute approximate surface area is 87.6 Å². The molecule has 0 fully saturated rings. The number of nitro benzene ring substituents is 1. The summed E-state index contributed by atoms with van der Waals surface area (Å²) < 4.78 is 0. The third kappa shape index (κ3) is 2.20. The van der Waals surface area contributed by atoms with Crippen LogP contribution in [0.5, 0.6) is 0 Å². The van der Waals surface area contributed by atoms with Gasteiger partial charge in [-0.2, -0.15) is 5.26 Å². The molecule has 0 saturated heterocycles. The van der Waals surface area contributed by atoms with E-state index in [1.165, 1.54) is 12.1 Å². The van der Waals surface area contributed by atoms with Gasteiger partial charge in [-0.25, -0.2) is 0 Å². The van der Waals surface area contributed by atoms with E-state index in [-0.39, 0.29) is 17.2 Å². The monoisotopic (exact) mass is 202 g/mol. The van der Waals surface area contributed by atoms with E-state index in [2.05, 4.69) is 6.58 Å². The van der Waals surface area contributed by atoms with Gasteiger partial charge in [-0.3, -0.25) is 10.1 Å². The van der Waals surface area contributed by atoms with Crippen LogP contribution >= 0.6 is 0 Å². The molecule has 0 bridgehead atoms. The molecule has 1 unspecified atom stereocenters. The van der Waals surface area contributed by atoms with E-state index in [0.29, 0.717) is 0 Å². The quantitative estimate of drug-likeness (QED) is 0.430. The predicted octanol–water partition coefficient (Wildman–Crippen LogP) is 2.76. The van der Waals surface area contributed by atoms with E-state index in [1.54, 1.807) is 12.1 Å². The predicted molar refractivity (Wildman–Crippen MR) is 56.4 cm³/mol. The van der Waals surface area contributed by atoms with E-state index in [9.17, 15) is 10.1 Å². The van der Waals surface area contributed by atoms with Crippen LogP contribution < -0.4 is 0 Å². The van der Waals surface area contributed by atoms with Crippen LogP contribution in [0.4, 0.5) is 5.69 Å². The van der Waals surface area contributed by atoms with Crippen molar-refractivity contribution in [2.75, 3.05) is 0 Å². The molecule has 4 nitrogen and oxygen atoms in total. The van der Waals surface area contributed by atoms with E-state index in [1.807, 2.05) is 13.0 Å². The van der Waals surface area contributed by atoms with Crippen LogP contribution in [0.15, 0.2) is 30.9 Å². The van der Waals surface area contributed by atoms with Crippen molar-refractivity contribution in [3.8, 4) is 6.07 Å². The Bertz CT molecular complexity index is 446. The van der Waals surface area contributed by atoms with Crippen molar-refractivity contribution in [2.24, 2.45) is 0 Å². The maximum absolute atomic E-state index is 10.6. The first-order chi connectivity index (χ1) is 7.10. The van der Waals surface area contributed by atoms with E-state index in [0.717, 1.165) is 5.56 Å². The summed E-state index contributed by atoms with van der Waals surface area (Å²) in [5.41, 5.74) is 0.788. The minimum Gasteiger partial charge on any atom is -0.258 e. The highest BCUT2D eigenvalue weighted by atomic mass is 16.6. The lowest BCUT2D eigenvalue weighted by molar-refractivity contribution is -0.385. The second-order valence-corrected chi connectivity index (χ2v) is 3.17. The van der Waals surface area contributed by atoms with Gasteiger partial charge >= 0.3 is 0 Å². The fourth-order valence-corrected chi connectivity index (χ4v) is 1.22. The minimum atomic E-state index is -0.555. The number of benzene rings is 1. The highest BCUT2D eigenvalue weighted by Crippen LogP contribution is 2.23. The zero-order valence-electron chi connectivity index (χ0n) is 8.30. The van der Waals surface area contributed by atoms with Crippen molar-refractivity contribution < 1.29 is 4.92 Å². The standard InChI is InChI=1S/C11H10N2O2/c1-3-8(2)9-4-5-11(13(14)15)10(6-9)7-12/h3-6,8H,1H2,2H3. The summed E-state index contributed by atoms with van der Waals surface area (Å²) >= 11 is 0. The van der Waals surface area contributed by atoms with Gasteiger partial charge in [0.2, 0.25) is 0 Å². The van der Waals surface area contributed by atoms with Crippen LogP contribution in [0.1, 0.15) is 24.0 Å². The number of nitriles is 1. The molecule has 0 aliphatic heterocycles. The molecule has 1 aromatic carbocycles. The molecule has 0 N–H and O–H groups in total. The molecule has 1 aromatic rings. The van der Waals surface area contributed by atoms with Gasteiger partial charge in [-0.05, 0) is 17.5 Å². The Morgan fingerprint density at radius 1 is 1.67 bits per heavy atom. The summed E-state index contributed by atoms with van der Waals surface area (Å²) in [5.74, 6) is 0.0814. The van der Waals surface area contributed by atoms with E-state index >= 15 is 0 Å². The number of allylic oxidation sites excluding steroid dienone is 1. The normalized spacial score (nSPS) is 11.5. The molecular weight excluding hydrogens is 192 g/mol. The maximum atomic E-state index is 10.6. The SMILES string of the molecule is C=CC(C)c1ccc([N+](=O)[O-])c(C#N)c1. The van der Waals surface area contributed by atoms with Gasteiger partial charge in [-0.15, -0.1) is 6.58 Å². The molecule has 4 heteroatoms.